The summed E-state index contributed by atoms with van der Waals surface area (Å²) in [6, 6.07) is 5.08. The van der Waals surface area contributed by atoms with Crippen LogP contribution in [-0.2, 0) is 0 Å². The Morgan fingerprint density at radius 1 is 1.47 bits per heavy atom. The van der Waals surface area contributed by atoms with Gasteiger partial charge in [0.1, 0.15) is 0 Å². The predicted octanol–water partition coefficient (Wildman–Crippen LogP) is 3.44. The van der Waals surface area contributed by atoms with Gasteiger partial charge in [0.25, 0.3) is 5.69 Å². The van der Waals surface area contributed by atoms with Crippen molar-refractivity contribution in [1.82, 2.24) is 4.98 Å². The van der Waals surface area contributed by atoms with Gasteiger partial charge in [-0.05, 0) is 26.0 Å². The molecule has 0 saturated heterocycles. The van der Waals surface area contributed by atoms with Gasteiger partial charge in [0.15, 0.2) is 0 Å². The molecule has 0 atom stereocenters. The zero-order chi connectivity index (χ0) is 14.0. The summed E-state index contributed by atoms with van der Waals surface area (Å²) in [6.07, 6.45) is 1.55. The van der Waals surface area contributed by atoms with Crippen LogP contribution in [0.15, 0.2) is 36.5 Å². The predicted molar refractivity (Wildman–Crippen MR) is 76.4 cm³/mol. The van der Waals surface area contributed by atoms with Gasteiger partial charge in [-0.25, -0.2) is 0 Å². The van der Waals surface area contributed by atoms with Gasteiger partial charge in [0.2, 0.25) is 0 Å². The second-order valence-electron chi connectivity index (χ2n) is 4.57. The number of nitrogens with one attached hydrogen (secondary N) is 1. The molecular weight excluding hydrogens is 242 g/mol. The molecule has 1 heterocycles. The first kappa shape index (κ1) is 13.0. The highest BCUT2D eigenvalue weighted by Crippen LogP contribution is 2.31. The topological polar surface area (TPSA) is 68.1 Å². The summed E-state index contributed by atoms with van der Waals surface area (Å²) < 4.78 is 0. The van der Waals surface area contributed by atoms with Gasteiger partial charge >= 0.3 is 0 Å². The quantitative estimate of drug-likeness (QED) is 0.517. The van der Waals surface area contributed by atoms with Gasteiger partial charge in [-0.2, -0.15) is 0 Å². The van der Waals surface area contributed by atoms with Crippen molar-refractivity contribution in [2.45, 2.75) is 13.8 Å². The first-order chi connectivity index (χ1) is 8.99. The lowest BCUT2D eigenvalue weighted by atomic mass is 10.1. The third kappa shape index (κ3) is 2.70. The van der Waals surface area contributed by atoms with Gasteiger partial charge in [0.05, 0.1) is 10.3 Å². The van der Waals surface area contributed by atoms with Crippen LogP contribution < -0.4 is 5.32 Å². The van der Waals surface area contributed by atoms with E-state index in [-0.39, 0.29) is 10.6 Å². The molecule has 1 N–H and O–H groups in total. The maximum Gasteiger partial charge on any atom is 0.278 e. The minimum atomic E-state index is -0.387. The average molecular weight is 257 g/mol. The molecule has 98 valence electrons. The van der Waals surface area contributed by atoms with E-state index in [0.29, 0.717) is 11.9 Å². The summed E-state index contributed by atoms with van der Waals surface area (Å²) in [5, 5.41) is 15.6. The highest BCUT2D eigenvalue weighted by Gasteiger charge is 2.14. The Hall–Kier alpha value is -2.43. The van der Waals surface area contributed by atoms with Gasteiger partial charge in [0, 0.05) is 35.6 Å². The molecule has 0 aliphatic heterocycles. The molecule has 0 radical (unpaired) electrons. The Bertz CT molecular complexity index is 665. The second-order valence-corrected chi connectivity index (χ2v) is 4.57. The molecule has 5 heteroatoms. The van der Waals surface area contributed by atoms with E-state index in [4.69, 9.17) is 0 Å². The number of benzene rings is 1. The lowest BCUT2D eigenvalue weighted by Crippen LogP contribution is -2.03. The van der Waals surface area contributed by atoms with Crippen LogP contribution in [0.1, 0.15) is 12.6 Å². The van der Waals surface area contributed by atoms with Crippen LogP contribution in [0.2, 0.25) is 0 Å². The monoisotopic (exact) mass is 257 g/mol. The third-order valence-electron chi connectivity index (χ3n) is 2.79. The minimum Gasteiger partial charge on any atom is -0.381 e. The molecule has 0 bridgehead atoms. The zero-order valence-corrected chi connectivity index (χ0v) is 10.9. The molecule has 0 saturated carbocycles. The molecule has 1 aromatic carbocycles. The van der Waals surface area contributed by atoms with Crippen LogP contribution >= 0.6 is 0 Å². The van der Waals surface area contributed by atoms with Gasteiger partial charge in [-0.1, -0.05) is 12.2 Å². The molecule has 5 nitrogen and oxygen atoms in total. The Morgan fingerprint density at radius 2 is 2.21 bits per heavy atom. The van der Waals surface area contributed by atoms with E-state index in [0.717, 1.165) is 22.3 Å². The van der Waals surface area contributed by atoms with E-state index in [1.807, 2.05) is 19.9 Å². The molecule has 1 aromatic heterocycles. The summed E-state index contributed by atoms with van der Waals surface area (Å²) in [7, 11) is 0. The van der Waals surface area contributed by atoms with Crippen LogP contribution in [0.5, 0.6) is 0 Å². The highest BCUT2D eigenvalue weighted by atomic mass is 16.6. The van der Waals surface area contributed by atoms with Crippen molar-refractivity contribution in [2.75, 3.05) is 11.9 Å². The fourth-order valence-corrected chi connectivity index (χ4v) is 1.89. The van der Waals surface area contributed by atoms with Crippen molar-refractivity contribution in [2.24, 2.45) is 0 Å². The number of hydrogen-bond donors (Lipinski definition) is 1. The number of fused-ring (bicyclic) bond motifs is 1. The first-order valence-corrected chi connectivity index (χ1v) is 5.91. The Labute approximate surface area is 111 Å². The van der Waals surface area contributed by atoms with Crippen molar-refractivity contribution in [3.05, 3.63) is 52.4 Å². The van der Waals surface area contributed by atoms with Gasteiger partial charge in [-0.15, -0.1) is 0 Å². The second kappa shape index (κ2) is 5.06. The van der Waals surface area contributed by atoms with Crippen molar-refractivity contribution >= 4 is 22.1 Å². The number of pyridine rings is 1. The zero-order valence-electron chi connectivity index (χ0n) is 10.9. The molecule has 0 unspecified atom stereocenters. The van der Waals surface area contributed by atoms with Crippen molar-refractivity contribution in [3.8, 4) is 0 Å². The molecule has 2 rings (SSSR count). The smallest absolute Gasteiger partial charge is 0.278 e. The van der Waals surface area contributed by atoms with Gasteiger partial charge in [-0.3, -0.25) is 15.1 Å². The van der Waals surface area contributed by atoms with Gasteiger partial charge < -0.3 is 5.32 Å². The number of aromatic nitrogens is 1. The number of nitrogens with zero attached hydrogens (tertiary/aromatic N) is 2. The van der Waals surface area contributed by atoms with Crippen LogP contribution in [-0.4, -0.2) is 16.5 Å². The third-order valence-corrected chi connectivity index (χ3v) is 2.79. The van der Waals surface area contributed by atoms with Crippen molar-refractivity contribution in [3.63, 3.8) is 0 Å². The number of nitro benzene ring substituents is 1. The van der Waals surface area contributed by atoms with E-state index in [2.05, 4.69) is 16.9 Å². The number of anilines is 1. The SMILES string of the molecule is C=C(C)CNc1ccc([N+](=O)[O-])c2cnc(C)cc12. The molecule has 0 amide bonds. The Kier molecular flexibility index (Phi) is 3.46. The maximum atomic E-state index is 11.0. The van der Waals surface area contributed by atoms with Crippen molar-refractivity contribution in [1.29, 1.82) is 0 Å². The highest BCUT2D eigenvalue weighted by molar-refractivity contribution is 5.99. The minimum absolute atomic E-state index is 0.0726. The molecule has 0 aliphatic rings. The van der Waals surface area contributed by atoms with E-state index < -0.39 is 0 Å². The molecule has 2 aromatic rings. The molecule has 19 heavy (non-hydrogen) atoms. The normalized spacial score (nSPS) is 10.4. The van der Waals surface area contributed by atoms with E-state index in [1.54, 1.807) is 12.3 Å². The number of nitro groups is 1. The average Bonchev–Trinajstić information content (AvgIpc) is 2.35. The number of rotatable bonds is 4. The maximum absolute atomic E-state index is 11.0. The molecule has 0 spiro atoms. The van der Waals surface area contributed by atoms with Crippen LogP contribution in [0, 0.1) is 17.0 Å². The lowest BCUT2D eigenvalue weighted by Gasteiger charge is -2.10. The fourth-order valence-electron chi connectivity index (χ4n) is 1.89. The van der Waals surface area contributed by atoms with Crippen LogP contribution in [0.4, 0.5) is 11.4 Å². The number of non-ortho nitro benzene ring substituents is 1. The number of aryl methyl sites for hydroxylation is 1. The summed E-state index contributed by atoms with van der Waals surface area (Å²) in [5.74, 6) is 0. The Balaban J connectivity index is 2.60. The number of hydrogen-bond acceptors (Lipinski definition) is 4. The molecule has 0 fully saturated rings. The summed E-state index contributed by atoms with van der Waals surface area (Å²) in [6.45, 7) is 8.25. The largest absolute Gasteiger partial charge is 0.381 e. The standard InChI is InChI=1S/C14H15N3O2/c1-9(2)7-16-13-4-5-14(17(18)19)12-8-15-10(3)6-11(12)13/h4-6,8,16H,1,7H2,2-3H3. The van der Waals surface area contributed by atoms with Crippen LogP contribution in [0.3, 0.4) is 0 Å². The lowest BCUT2D eigenvalue weighted by molar-refractivity contribution is -0.383. The Morgan fingerprint density at radius 3 is 2.84 bits per heavy atom. The fraction of sp³-hybridized carbons (Fsp3) is 0.214. The van der Waals surface area contributed by atoms with Crippen molar-refractivity contribution < 1.29 is 4.92 Å². The molecular formula is C14H15N3O2. The molecule has 0 aliphatic carbocycles. The first-order valence-electron chi connectivity index (χ1n) is 5.91. The summed E-state index contributed by atoms with van der Waals surface area (Å²) >= 11 is 0. The summed E-state index contributed by atoms with van der Waals surface area (Å²) in [4.78, 5) is 14.8. The van der Waals surface area contributed by atoms with Crippen LogP contribution in [0.25, 0.3) is 10.8 Å². The summed E-state index contributed by atoms with van der Waals surface area (Å²) in [5.41, 5.74) is 2.75. The van der Waals surface area contributed by atoms with E-state index >= 15 is 0 Å². The van der Waals surface area contributed by atoms with E-state index in [1.165, 1.54) is 6.07 Å². The van der Waals surface area contributed by atoms with E-state index in [9.17, 15) is 10.1 Å².